The first-order valence-electron chi connectivity index (χ1n) is 15.4. The van der Waals surface area contributed by atoms with Crippen LogP contribution in [0.1, 0.15) is 95.0 Å². The largest absolute Gasteiger partial charge is 0.326 e. The minimum atomic E-state index is -0.342. The summed E-state index contributed by atoms with van der Waals surface area (Å²) in [5.74, 6) is -0.653. The van der Waals surface area contributed by atoms with Gasteiger partial charge in [0.2, 0.25) is 5.91 Å². The fourth-order valence-electron chi connectivity index (χ4n) is 3.96. The summed E-state index contributed by atoms with van der Waals surface area (Å²) in [6.45, 7) is 21.8. The number of carbonyl (C=O) groups is 3. The number of nitrogens with zero attached hydrogens (tertiary/aromatic N) is 2. The molecule has 0 aliphatic rings. The van der Waals surface area contributed by atoms with Gasteiger partial charge in [-0.3, -0.25) is 19.3 Å². The molecule has 0 radical (unpaired) electrons. The first-order chi connectivity index (χ1) is 20.6. The highest BCUT2D eigenvalue weighted by Gasteiger charge is 2.17. The first kappa shape index (κ1) is 39.0. The highest BCUT2D eigenvalue weighted by Crippen LogP contribution is 2.20. The van der Waals surface area contributed by atoms with Crippen molar-refractivity contribution in [3.63, 3.8) is 0 Å². The highest BCUT2D eigenvalue weighted by molar-refractivity contribution is 6.09. The van der Waals surface area contributed by atoms with Gasteiger partial charge in [-0.15, -0.1) is 0 Å². The number of carbonyl (C=O) groups excluding carboxylic acids is 3. The van der Waals surface area contributed by atoms with E-state index in [2.05, 4.69) is 22.5 Å². The molecule has 0 aliphatic heterocycles. The second-order valence-electron chi connectivity index (χ2n) is 9.59. The summed E-state index contributed by atoms with van der Waals surface area (Å²) < 4.78 is 0. The maximum Gasteiger partial charge on any atom is 0.257 e. The fourth-order valence-corrected chi connectivity index (χ4v) is 3.96. The van der Waals surface area contributed by atoms with Crippen LogP contribution >= 0.6 is 0 Å². The van der Waals surface area contributed by atoms with E-state index >= 15 is 0 Å². The number of allylic oxidation sites excluding steroid dienone is 6. The molecule has 0 saturated carbocycles. The molecule has 236 valence electrons. The van der Waals surface area contributed by atoms with Crippen molar-refractivity contribution >= 4 is 29.1 Å². The first-order valence-corrected chi connectivity index (χ1v) is 15.4. The Bertz CT molecular complexity index is 1240. The molecule has 0 bridgehead atoms. The van der Waals surface area contributed by atoms with Crippen LogP contribution < -0.4 is 15.5 Å². The summed E-state index contributed by atoms with van der Waals surface area (Å²) in [7, 11) is 1.74. The van der Waals surface area contributed by atoms with E-state index in [0.29, 0.717) is 34.7 Å². The molecule has 2 aromatic rings. The van der Waals surface area contributed by atoms with Crippen LogP contribution in [0, 0.1) is 6.92 Å². The number of benzene rings is 2. The monoisotopic (exact) mass is 590 g/mol. The van der Waals surface area contributed by atoms with Crippen LogP contribution in [0.5, 0.6) is 0 Å². The van der Waals surface area contributed by atoms with Crippen molar-refractivity contribution in [2.45, 2.75) is 75.7 Å². The number of anilines is 2. The van der Waals surface area contributed by atoms with Gasteiger partial charge in [0.15, 0.2) is 0 Å². The lowest BCUT2D eigenvalue weighted by Crippen LogP contribution is -2.38. The van der Waals surface area contributed by atoms with Crippen LogP contribution in [-0.4, -0.2) is 49.3 Å². The van der Waals surface area contributed by atoms with Crippen LogP contribution in [0.25, 0.3) is 0 Å². The number of aryl methyl sites for hydroxylation is 1. The molecule has 0 aliphatic carbocycles. The van der Waals surface area contributed by atoms with E-state index in [9.17, 15) is 14.4 Å². The van der Waals surface area contributed by atoms with Crippen molar-refractivity contribution < 1.29 is 14.4 Å². The third-order valence-corrected chi connectivity index (χ3v) is 6.24. The van der Waals surface area contributed by atoms with Crippen LogP contribution in [0.15, 0.2) is 78.0 Å². The minimum Gasteiger partial charge on any atom is -0.326 e. The number of likely N-dealkylation sites (N-methyl/N-ethyl adjacent to an activating group) is 2. The Balaban J connectivity index is 0.00000422. The molecular weight excluding hydrogens is 536 g/mol. The van der Waals surface area contributed by atoms with Crippen molar-refractivity contribution in [1.29, 1.82) is 0 Å². The molecule has 0 aromatic heterocycles. The summed E-state index contributed by atoms with van der Waals surface area (Å²) >= 11 is 0. The van der Waals surface area contributed by atoms with Crippen molar-refractivity contribution in [3.8, 4) is 0 Å². The molecular formula is C36H54N4O3. The molecule has 2 rings (SSSR count). The number of amides is 3. The van der Waals surface area contributed by atoms with Crippen molar-refractivity contribution in [1.82, 2.24) is 10.2 Å². The summed E-state index contributed by atoms with van der Waals surface area (Å²) in [6.07, 6.45) is 8.69. The zero-order valence-corrected chi connectivity index (χ0v) is 28.3. The predicted molar refractivity (Wildman–Crippen MR) is 184 cm³/mol. The zero-order chi connectivity index (χ0) is 32.9. The Morgan fingerprint density at radius 3 is 2.07 bits per heavy atom. The lowest BCUT2D eigenvalue weighted by atomic mass is 10.1. The van der Waals surface area contributed by atoms with Crippen LogP contribution in [-0.2, 0) is 4.79 Å². The topological polar surface area (TPSA) is 81.8 Å². The third kappa shape index (κ3) is 13.7. The molecule has 0 atom stereocenters. The van der Waals surface area contributed by atoms with Gasteiger partial charge in [0.25, 0.3) is 11.8 Å². The number of rotatable bonds is 12. The van der Waals surface area contributed by atoms with Gasteiger partial charge in [0.05, 0.1) is 17.8 Å². The van der Waals surface area contributed by atoms with Crippen molar-refractivity contribution in [2.75, 3.05) is 36.9 Å². The SMILES string of the molecule is C/C=C/C(C)=C\C=C(/C)NC(=O)c1cc(C)ccc1NC(=O)c1ccc(N(C)C(=O)CN(CC)CCC)cc1.CC.CC. The molecule has 2 N–H and O–H groups in total. The average Bonchev–Trinajstić information content (AvgIpc) is 3.02. The standard InChI is InChI=1S/C32H42N4O3.2C2H6/c1-8-11-23(4)12-14-25(6)33-32(39)28-21-24(5)13-19-29(28)34-31(38)26-15-17-27(18-16-26)35(7)30(37)22-36(10-3)20-9-2;2*1-2/h8,11-19,21H,9-10,20,22H2,1-7H3,(H,33,39)(H,34,38);2*1-2H3/b11-8+,23-12-,25-14+;;. The number of hydrogen-bond acceptors (Lipinski definition) is 4. The molecule has 2 aromatic carbocycles. The van der Waals surface area contributed by atoms with E-state index < -0.39 is 0 Å². The molecule has 7 nitrogen and oxygen atoms in total. The molecule has 7 heteroatoms. The lowest BCUT2D eigenvalue weighted by Gasteiger charge is -2.23. The summed E-state index contributed by atoms with van der Waals surface area (Å²) in [4.78, 5) is 42.5. The Labute approximate surface area is 260 Å². The maximum absolute atomic E-state index is 13.1. The van der Waals surface area contributed by atoms with Gasteiger partial charge in [0, 0.05) is 24.0 Å². The molecule has 3 amide bonds. The van der Waals surface area contributed by atoms with E-state index in [0.717, 1.165) is 30.6 Å². The average molecular weight is 591 g/mol. The fraction of sp³-hybridized carbons (Fsp3) is 0.417. The summed E-state index contributed by atoms with van der Waals surface area (Å²) in [5.41, 5.74) is 4.59. The summed E-state index contributed by atoms with van der Waals surface area (Å²) in [5, 5.41) is 5.76. The summed E-state index contributed by atoms with van der Waals surface area (Å²) in [6, 6.07) is 12.2. The van der Waals surface area contributed by atoms with Crippen LogP contribution in [0.4, 0.5) is 11.4 Å². The normalized spacial score (nSPS) is 11.3. The quantitative estimate of drug-likeness (QED) is 0.244. The Morgan fingerprint density at radius 1 is 0.884 bits per heavy atom. The smallest absolute Gasteiger partial charge is 0.257 e. The zero-order valence-electron chi connectivity index (χ0n) is 28.3. The van der Waals surface area contributed by atoms with E-state index in [1.165, 1.54) is 0 Å². The second-order valence-corrected chi connectivity index (χ2v) is 9.59. The maximum atomic E-state index is 13.1. The van der Waals surface area contributed by atoms with Gasteiger partial charge in [0.1, 0.15) is 0 Å². The molecule has 43 heavy (non-hydrogen) atoms. The molecule has 0 spiro atoms. The van der Waals surface area contributed by atoms with E-state index in [1.54, 1.807) is 48.3 Å². The molecule has 0 fully saturated rings. The van der Waals surface area contributed by atoms with E-state index in [1.807, 2.05) is 92.7 Å². The van der Waals surface area contributed by atoms with Crippen molar-refractivity contribution in [2.24, 2.45) is 0 Å². The Morgan fingerprint density at radius 2 is 1.51 bits per heavy atom. The number of nitrogens with one attached hydrogen (secondary N) is 2. The van der Waals surface area contributed by atoms with Crippen LogP contribution in [0.2, 0.25) is 0 Å². The lowest BCUT2D eigenvalue weighted by molar-refractivity contribution is -0.119. The molecule has 0 heterocycles. The second kappa shape index (κ2) is 21.7. The van der Waals surface area contributed by atoms with Crippen LogP contribution in [0.3, 0.4) is 0 Å². The van der Waals surface area contributed by atoms with Gasteiger partial charge in [-0.2, -0.15) is 0 Å². The van der Waals surface area contributed by atoms with E-state index in [-0.39, 0.29) is 17.7 Å². The van der Waals surface area contributed by atoms with Gasteiger partial charge >= 0.3 is 0 Å². The highest BCUT2D eigenvalue weighted by atomic mass is 16.2. The minimum absolute atomic E-state index is 0.00497. The number of hydrogen-bond donors (Lipinski definition) is 2. The molecule has 0 unspecified atom stereocenters. The predicted octanol–water partition coefficient (Wildman–Crippen LogP) is 8.15. The van der Waals surface area contributed by atoms with E-state index in [4.69, 9.17) is 0 Å². The third-order valence-electron chi connectivity index (χ3n) is 6.24. The van der Waals surface area contributed by atoms with Crippen molar-refractivity contribution in [3.05, 3.63) is 94.7 Å². The molecule has 0 saturated heterocycles. The Hall–Kier alpha value is -3.97. The van der Waals surface area contributed by atoms with Gasteiger partial charge in [-0.25, -0.2) is 0 Å². The Kier molecular flexibility index (Phi) is 19.7. The van der Waals surface area contributed by atoms with Gasteiger partial charge in [-0.1, -0.05) is 77.0 Å². The van der Waals surface area contributed by atoms with Gasteiger partial charge < -0.3 is 15.5 Å². The van der Waals surface area contributed by atoms with Gasteiger partial charge in [-0.05, 0) is 89.7 Å².